The van der Waals surface area contributed by atoms with Crippen LogP contribution in [0.2, 0.25) is 0 Å². The van der Waals surface area contributed by atoms with Crippen LogP contribution in [0.15, 0.2) is 27.8 Å². The van der Waals surface area contributed by atoms with Crippen molar-refractivity contribution in [1.29, 1.82) is 0 Å². The van der Waals surface area contributed by atoms with E-state index in [1.165, 1.54) is 19.3 Å². The van der Waals surface area contributed by atoms with Crippen LogP contribution in [-0.2, 0) is 11.2 Å². The van der Waals surface area contributed by atoms with Crippen LogP contribution in [-0.4, -0.2) is 50.5 Å². The second-order valence-electron chi connectivity index (χ2n) is 6.12. The van der Waals surface area contributed by atoms with E-state index >= 15 is 0 Å². The van der Waals surface area contributed by atoms with Gasteiger partial charge in [0.25, 0.3) is 0 Å². The van der Waals surface area contributed by atoms with E-state index < -0.39 is 0 Å². The van der Waals surface area contributed by atoms with E-state index in [2.05, 4.69) is 24.5 Å². The van der Waals surface area contributed by atoms with E-state index in [4.69, 9.17) is 19.3 Å². The van der Waals surface area contributed by atoms with Crippen molar-refractivity contribution >= 4 is 5.96 Å². The molecule has 0 fully saturated rings. The second kappa shape index (κ2) is 14.8. The molecule has 0 aliphatic carbocycles. The van der Waals surface area contributed by atoms with Crippen molar-refractivity contribution in [2.24, 2.45) is 10.9 Å². The van der Waals surface area contributed by atoms with Gasteiger partial charge in [-0.2, -0.15) is 0 Å². The molecule has 1 atom stereocenters. The standard InChI is InChI=1S/C19H35N3O3/c1-3-5-7-17(4-2)16-22-19(21-11-14-24-15-12-23)20-10-9-18-8-6-13-25-18/h6,8,13,17,23H,3-5,7,9-12,14-16H2,1-2H3,(H2,20,21,22). The van der Waals surface area contributed by atoms with Gasteiger partial charge in [0, 0.05) is 26.1 Å². The Kier molecular flexibility index (Phi) is 12.7. The van der Waals surface area contributed by atoms with Gasteiger partial charge < -0.3 is 24.9 Å². The molecule has 1 rings (SSSR count). The van der Waals surface area contributed by atoms with E-state index in [0.717, 1.165) is 37.7 Å². The Morgan fingerprint density at radius 2 is 2.12 bits per heavy atom. The van der Waals surface area contributed by atoms with E-state index in [-0.39, 0.29) is 6.61 Å². The summed E-state index contributed by atoms with van der Waals surface area (Å²) in [5.41, 5.74) is 0. The Bertz CT molecular complexity index is 435. The number of guanidine groups is 1. The van der Waals surface area contributed by atoms with E-state index in [0.29, 0.717) is 25.7 Å². The molecule has 0 aliphatic rings. The number of ether oxygens (including phenoxy) is 1. The number of nitrogens with zero attached hydrogens (tertiary/aromatic N) is 1. The van der Waals surface area contributed by atoms with Gasteiger partial charge in [-0.15, -0.1) is 0 Å². The molecule has 1 heterocycles. The lowest BCUT2D eigenvalue weighted by Crippen LogP contribution is -2.40. The molecule has 1 unspecified atom stereocenters. The number of unbranched alkanes of at least 4 members (excludes halogenated alkanes) is 1. The Labute approximate surface area is 152 Å². The van der Waals surface area contributed by atoms with Gasteiger partial charge in [0.05, 0.1) is 26.1 Å². The van der Waals surface area contributed by atoms with Crippen LogP contribution >= 0.6 is 0 Å². The van der Waals surface area contributed by atoms with Crippen LogP contribution in [0.5, 0.6) is 0 Å². The van der Waals surface area contributed by atoms with Crippen molar-refractivity contribution in [2.45, 2.75) is 46.0 Å². The third-order valence-electron chi connectivity index (χ3n) is 4.07. The average Bonchev–Trinajstić information content (AvgIpc) is 3.14. The number of rotatable bonds is 14. The highest BCUT2D eigenvalue weighted by atomic mass is 16.5. The molecule has 1 aromatic heterocycles. The molecule has 0 amide bonds. The highest BCUT2D eigenvalue weighted by Gasteiger charge is 2.06. The van der Waals surface area contributed by atoms with E-state index in [1.807, 2.05) is 12.1 Å². The van der Waals surface area contributed by atoms with Gasteiger partial charge in [-0.25, -0.2) is 0 Å². The molecule has 25 heavy (non-hydrogen) atoms. The monoisotopic (exact) mass is 353 g/mol. The van der Waals surface area contributed by atoms with Crippen molar-refractivity contribution < 1.29 is 14.3 Å². The first-order valence-corrected chi connectivity index (χ1v) is 9.53. The molecule has 1 aromatic rings. The maximum atomic E-state index is 8.73. The zero-order valence-corrected chi connectivity index (χ0v) is 15.8. The summed E-state index contributed by atoms with van der Waals surface area (Å²) in [5, 5.41) is 15.4. The van der Waals surface area contributed by atoms with E-state index in [1.54, 1.807) is 6.26 Å². The Morgan fingerprint density at radius 3 is 2.80 bits per heavy atom. The first-order valence-electron chi connectivity index (χ1n) is 9.53. The molecular weight excluding hydrogens is 318 g/mol. The van der Waals surface area contributed by atoms with Crippen molar-refractivity contribution in [2.75, 3.05) is 39.5 Å². The first kappa shape index (κ1) is 21.5. The molecule has 0 aliphatic heterocycles. The number of furan rings is 1. The highest BCUT2D eigenvalue weighted by Crippen LogP contribution is 2.12. The first-order chi connectivity index (χ1) is 12.3. The smallest absolute Gasteiger partial charge is 0.191 e. The van der Waals surface area contributed by atoms with Gasteiger partial charge in [-0.1, -0.05) is 33.1 Å². The fourth-order valence-electron chi connectivity index (χ4n) is 2.48. The van der Waals surface area contributed by atoms with Gasteiger partial charge in [-0.05, 0) is 24.5 Å². The molecule has 0 saturated carbocycles. The fraction of sp³-hybridized carbons (Fsp3) is 0.737. The number of nitrogens with one attached hydrogen (secondary N) is 2. The predicted molar refractivity (Wildman–Crippen MR) is 102 cm³/mol. The lowest BCUT2D eigenvalue weighted by Gasteiger charge is -2.15. The summed E-state index contributed by atoms with van der Waals surface area (Å²) >= 11 is 0. The van der Waals surface area contributed by atoms with Gasteiger partial charge in [0.2, 0.25) is 0 Å². The normalized spacial score (nSPS) is 13.0. The summed E-state index contributed by atoms with van der Waals surface area (Å²) in [5.74, 6) is 2.41. The summed E-state index contributed by atoms with van der Waals surface area (Å²) < 4.78 is 10.6. The summed E-state index contributed by atoms with van der Waals surface area (Å²) in [6.45, 7) is 7.70. The SMILES string of the molecule is CCCCC(CC)CN=C(NCCOCCO)NCCc1ccco1. The molecule has 0 bridgehead atoms. The Hall–Kier alpha value is -1.53. The number of aliphatic imine (C=N–C) groups is 1. The number of hydrogen-bond acceptors (Lipinski definition) is 4. The molecule has 6 nitrogen and oxygen atoms in total. The maximum Gasteiger partial charge on any atom is 0.191 e. The maximum absolute atomic E-state index is 8.73. The number of aliphatic hydroxyl groups is 1. The third kappa shape index (κ3) is 10.8. The van der Waals surface area contributed by atoms with Crippen LogP contribution in [0.1, 0.15) is 45.3 Å². The number of hydrogen-bond donors (Lipinski definition) is 3. The van der Waals surface area contributed by atoms with Gasteiger partial charge in [-0.3, -0.25) is 4.99 Å². The molecule has 3 N–H and O–H groups in total. The Morgan fingerprint density at radius 1 is 1.28 bits per heavy atom. The lowest BCUT2D eigenvalue weighted by molar-refractivity contribution is 0.0957. The lowest BCUT2D eigenvalue weighted by atomic mass is 10.00. The minimum Gasteiger partial charge on any atom is -0.469 e. The van der Waals surface area contributed by atoms with Crippen molar-refractivity contribution in [3.63, 3.8) is 0 Å². The zero-order valence-electron chi connectivity index (χ0n) is 15.8. The predicted octanol–water partition coefficient (Wildman–Crippen LogP) is 2.58. The number of aliphatic hydroxyl groups excluding tert-OH is 1. The van der Waals surface area contributed by atoms with Crippen molar-refractivity contribution in [3.05, 3.63) is 24.2 Å². The highest BCUT2D eigenvalue weighted by molar-refractivity contribution is 5.79. The minimum atomic E-state index is 0.0535. The Balaban J connectivity index is 2.42. The molecule has 0 spiro atoms. The van der Waals surface area contributed by atoms with Gasteiger partial charge >= 0.3 is 0 Å². The summed E-state index contributed by atoms with van der Waals surface area (Å²) in [6, 6.07) is 3.88. The average molecular weight is 354 g/mol. The minimum absolute atomic E-state index is 0.0535. The third-order valence-corrected chi connectivity index (χ3v) is 4.07. The van der Waals surface area contributed by atoms with Crippen molar-refractivity contribution in [3.8, 4) is 0 Å². The fourth-order valence-corrected chi connectivity index (χ4v) is 2.48. The van der Waals surface area contributed by atoms with Crippen LogP contribution in [0, 0.1) is 5.92 Å². The summed E-state index contributed by atoms with van der Waals surface area (Å²) in [7, 11) is 0. The molecular formula is C19H35N3O3. The molecule has 0 radical (unpaired) electrons. The van der Waals surface area contributed by atoms with Crippen LogP contribution in [0.4, 0.5) is 0 Å². The largest absolute Gasteiger partial charge is 0.469 e. The van der Waals surface area contributed by atoms with Gasteiger partial charge in [0.1, 0.15) is 5.76 Å². The van der Waals surface area contributed by atoms with Crippen molar-refractivity contribution in [1.82, 2.24) is 10.6 Å². The van der Waals surface area contributed by atoms with Crippen LogP contribution in [0.3, 0.4) is 0 Å². The topological polar surface area (TPSA) is 79.0 Å². The van der Waals surface area contributed by atoms with E-state index in [9.17, 15) is 0 Å². The summed E-state index contributed by atoms with van der Waals surface area (Å²) in [6.07, 6.45) is 7.40. The quantitative estimate of drug-likeness (QED) is 0.272. The molecule has 6 heteroatoms. The van der Waals surface area contributed by atoms with Crippen LogP contribution in [0.25, 0.3) is 0 Å². The second-order valence-corrected chi connectivity index (χ2v) is 6.12. The molecule has 0 aromatic carbocycles. The summed E-state index contributed by atoms with van der Waals surface area (Å²) in [4.78, 5) is 4.74. The molecule has 144 valence electrons. The molecule has 0 saturated heterocycles. The zero-order chi connectivity index (χ0) is 18.2. The van der Waals surface area contributed by atoms with Gasteiger partial charge in [0.15, 0.2) is 5.96 Å². The van der Waals surface area contributed by atoms with Crippen LogP contribution < -0.4 is 10.6 Å².